The number of hydrogen-bond acceptors (Lipinski definition) is 5. The fourth-order valence-corrected chi connectivity index (χ4v) is 1.87. The Balaban J connectivity index is 2.59. The molecule has 5 nitrogen and oxygen atoms in total. The average molecular weight is 293 g/mol. The van der Waals surface area contributed by atoms with Crippen molar-refractivity contribution >= 4 is 11.9 Å². The highest BCUT2D eigenvalue weighted by atomic mass is 16.5. The molecule has 21 heavy (non-hydrogen) atoms. The molecule has 0 unspecified atom stereocenters. The predicted molar refractivity (Wildman–Crippen MR) is 79.5 cm³/mol. The Morgan fingerprint density at radius 1 is 1.10 bits per heavy atom. The molecule has 1 N–H and O–H groups in total. The maximum Gasteiger partial charge on any atom is 0.323 e. The first kappa shape index (κ1) is 17.2. The van der Waals surface area contributed by atoms with Gasteiger partial charge in [-0.3, -0.25) is 14.9 Å². The van der Waals surface area contributed by atoms with Crippen LogP contribution in [0.5, 0.6) is 0 Å². The van der Waals surface area contributed by atoms with E-state index < -0.39 is 18.1 Å². The van der Waals surface area contributed by atoms with Gasteiger partial charge in [0.15, 0.2) is 0 Å². The number of nitrogens with one attached hydrogen (secondary N) is 1. The monoisotopic (exact) mass is 293 g/mol. The van der Waals surface area contributed by atoms with E-state index >= 15 is 0 Å². The van der Waals surface area contributed by atoms with Gasteiger partial charge in [0.05, 0.1) is 7.11 Å². The smallest absolute Gasteiger partial charge is 0.323 e. The van der Waals surface area contributed by atoms with Gasteiger partial charge in [0.25, 0.3) is 0 Å². The fourth-order valence-electron chi connectivity index (χ4n) is 1.87. The van der Waals surface area contributed by atoms with Crippen LogP contribution in [-0.4, -0.2) is 31.1 Å². The molecule has 0 fully saturated rings. The van der Waals surface area contributed by atoms with Gasteiger partial charge in [-0.2, -0.15) is 0 Å². The van der Waals surface area contributed by atoms with Crippen LogP contribution in [-0.2, 0) is 25.7 Å². The van der Waals surface area contributed by atoms with Gasteiger partial charge in [-0.25, -0.2) is 0 Å². The molecular formula is C16H23NO4. The number of hydrogen-bond donors (Lipinski definition) is 1. The van der Waals surface area contributed by atoms with Gasteiger partial charge in [-0.15, -0.1) is 0 Å². The van der Waals surface area contributed by atoms with E-state index in [4.69, 9.17) is 4.74 Å². The van der Waals surface area contributed by atoms with Crippen molar-refractivity contribution < 1.29 is 19.1 Å². The minimum Gasteiger partial charge on any atom is -0.468 e. The van der Waals surface area contributed by atoms with E-state index in [0.29, 0.717) is 0 Å². The largest absolute Gasteiger partial charge is 0.468 e. The maximum absolute atomic E-state index is 12.2. The van der Waals surface area contributed by atoms with E-state index in [1.165, 1.54) is 7.11 Å². The molecule has 0 spiro atoms. The van der Waals surface area contributed by atoms with Crippen LogP contribution in [0, 0.1) is 5.92 Å². The number of ether oxygens (including phenoxy) is 2. The SMILES string of the molecule is COC(=O)[C@H](C)N[C@H](C(=O)OCc1ccccc1)C(C)C. The van der Waals surface area contributed by atoms with Crippen LogP contribution >= 0.6 is 0 Å². The van der Waals surface area contributed by atoms with Crippen LogP contribution < -0.4 is 5.32 Å². The minimum atomic E-state index is -0.563. The average Bonchev–Trinajstić information content (AvgIpc) is 2.49. The fraction of sp³-hybridized carbons (Fsp3) is 0.500. The molecule has 0 aromatic heterocycles. The molecule has 0 amide bonds. The van der Waals surface area contributed by atoms with E-state index in [1.807, 2.05) is 44.2 Å². The second-order valence-electron chi connectivity index (χ2n) is 5.23. The highest BCUT2D eigenvalue weighted by Gasteiger charge is 2.27. The zero-order valence-electron chi connectivity index (χ0n) is 13.0. The molecule has 0 heterocycles. The van der Waals surface area contributed by atoms with E-state index in [0.717, 1.165) is 5.56 Å². The number of benzene rings is 1. The second-order valence-corrected chi connectivity index (χ2v) is 5.23. The lowest BCUT2D eigenvalue weighted by molar-refractivity contribution is -0.150. The van der Waals surface area contributed by atoms with Gasteiger partial charge in [-0.05, 0) is 18.4 Å². The van der Waals surface area contributed by atoms with Crippen molar-refractivity contribution in [2.75, 3.05) is 7.11 Å². The molecule has 1 aromatic rings. The van der Waals surface area contributed by atoms with Crippen molar-refractivity contribution in [2.24, 2.45) is 5.92 Å². The molecule has 0 radical (unpaired) electrons. The van der Waals surface area contributed by atoms with Gasteiger partial charge >= 0.3 is 11.9 Å². The lowest BCUT2D eigenvalue weighted by Gasteiger charge is -2.23. The third-order valence-electron chi connectivity index (χ3n) is 3.13. The Kier molecular flexibility index (Phi) is 6.88. The first-order valence-corrected chi connectivity index (χ1v) is 7.00. The van der Waals surface area contributed by atoms with Gasteiger partial charge in [0.2, 0.25) is 0 Å². The Bertz CT molecular complexity index is 459. The van der Waals surface area contributed by atoms with Crippen LogP contribution in [0.25, 0.3) is 0 Å². The molecule has 0 saturated carbocycles. The number of methoxy groups -OCH3 is 1. The van der Waals surface area contributed by atoms with Crippen molar-refractivity contribution in [1.29, 1.82) is 0 Å². The summed E-state index contributed by atoms with van der Waals surface area (Å²) >= 11 is 0. The van der Waals surface area contributed by atoms with Crippen molar-refractivity contribution in [1.82, 2.24) is 5.32 Å². The molecule has 116 valence electrons. The zero-order chi connectivity index (χ0) is 15.8. The first-order chi connectivity index (χ1) is 9.95. The highest BCUT2D eigenvalue weighted by molar-refractivity contribution is 5.79. The summed E-state index contributed by atoms with van der Waals surface area (Å²) in [6.45, 7) is 5.67. The Morgan fingerprint density at radius 2 is 1.71 bits per heavy atom. The lowest BCUT2D eigenvalue weighted by atomic mass is 10.0. The van der Waals surface area contributed by atoms with Crippen LogP contribution in [0.4, 0.5) is 0 Å². The molecule has 0 saturated heterocycles. The number of esters is 2. The third-order valence-corrected chi connectivity index (χ3v) is 3.13. The summed E-state index contributed by atoms with van der Waals surface area (Å²) in [5, 5.41) is 2.95. The van der Waals surface area contributed by atoms with Gasteiger partial charge in [0, 0.05) is 0 Å². The first-order valence-electron chi connectivity index (χ1n) is 7.00. The topological polar surface area (TPSA) is 64.6 Å². The molecule has 1 aromatic carbocycles. The summed E-state index contributed by atoms with van der Waals surface area (Å²) in [5.41, 5.74) is 0.925. The summed E-state index contributed by atoms with van der Waals surface area (Å²) in [4.78, 5) is 23.6. The van der Waals surface area contributed by atoms with Crippen LogP contribution in [0.1, 0.15) is 26.3 Å². The van der Waals surface area contributed by atoms with Crippen LogP contribution in [0.2, 0.25) is 0 Å². The molecule has 0 aliphatic heterocycles. The van der Waals surface area contributed by atoms with E-state index in [-0.39, 0.29) is 18.5 Å². The molecule has 2 atom stereocenters. The number of carbonyl (C=O) groups excluding carboxylic acids is 2. The highest BCUT2D eigenvalue weighted by Crippen LogP contribution is 2.08. The van der Waals surface area contributed by atoms with Gasteiger partial charge in [0.1, 0.15) is 18.7 Å². The summed E-state index contributed by atoms with van der Waals surface area (Å²) in [6.07, 6.45) is 0. The molecule has 1 rings (SSSR count). The minimum absolute atomic E-state index is 0.000351. The summed E-state index contributed by atoms with van der Waals surface area (Å²) in [5.74, 6) is -0.776. The van der Waals surface area contributed by atoms with E-state index in [9.17, 15) is 9.59 Å². The molecule has 0 aliphatic carbocycles. The van der Waals surface area contributed by atoms with E-state index in [1.54, 1.807) is 6.92 Å². The number of rotatable bonds is 7. The van der Waals surface area contributed by atoms with Crippen molar-refractivity contribution in [3.63, 3.8) is 0 Å². The Labute approximate surface area is 125 Å². The second kappa shape index (κ2) is 8.42. The normalized spacial score (nSPS) is 13.6. The molecular weight excluding hydrogens is 270 g/mol. The van der Waals surface area contributed by atoms with E-state index in [2.05, 4.69) is 10.1 Å². The van der Waals surface area contributed by atoms with Crippen molar-refractivity contribution in [3.8, 4) is 0 Å². The lowest BCUT2D eigenvalue weighted by Crippen LogP contribution is -2.49. The predicted octanol–water partition coefficient (Wildman–Crippen LogP) is 1.91. The van der Waals surface area contributed by atoms with Gasteiger partial charge < -0.3 is 9.47 Å². The quantitative estimate of drug-likeness (QED) is 0.778. The third kappa shape index (κ3) is 5.55. The zero-order valence-corrected chi connectivity index (χ0v) is 13.0. The van der Waals surface area contributed by atoms with Crippen LogP contribution in [0.3, 0.4) is 0 Å². The van der Waals surface area contributed by atoms with Crippen molar-refractivity contribution in [2.45, 2.75) is 39.5 Å². The molecule has 0 aliphatic rings. The summed E-state index contributed by atoms with van der Waals surface area (Å²) in [7, 11) is 1.32. The Morgan fingerprint density at radius 3 is 2.24 bits per heavy atom. The summed E-state index contributed by atoms with van der Waals surface area (Å²) in [6, 6.07) is 8.35. The van der Waals surface area contributed by atoms with Crippen molar-refractivity contribution in [3.05, 3.63) is 35.9 Å². The van der Waals surface area contributed by atoms with Crippen LogP contribution in [0.15, 0.2) is 30.3 Å². The summed E-state index contributed by atoms with van der Waals surface area (Å²) < 4.78 is 9.96. The maximum atomic E-state index is 12.2. The molecule has 0 bridgehead atoms. The number of carbonyl (C=O) groups is 2. The standard InChI is InChI=1S/C16H23NO4/c1-11(2)14(17-12(3)15(18)20-4)16(19)21-10-13-8-6-5-7-9-13/h5-9,11-12,14,17H,10H2,1-4H3/t12-,14-/m0/s1. The Hall–Kier alpha value is -1.88. The van der Waals surface area contributed by atoms with Gasteiger partial charge in [-0.1, -0.05) is 44.2 Å². The molecule has 5 heteroatoms.